The van der Waals surface area contributed by atoms with Gasteiger partial charge < -0.3 is 4.74 Å². The van der Waals surface area contributed by atoms with Crippen LogP contribution in [0.2, 0.25) is 5.02 Å². The summed E-state index contributed by atoms with van der Waals surface area (Å²) in [7, 11) is 0. The third-order valence-electron chi connectivity index (χ3n) is 2.61. The minimum atomic E-state index is -0.295. The minimum absolute atomic E-state index is 0.166. The van der Waals surface area contributed by atoms with Crippen LogP contribution in [0.1, 0.15) is 11.1 Å². The van der Waals surface area contributed by atoms with Gasteiger partial charge in [-0.2, -0.15) is 0 Å². The molecule has 0 bridgehead atoms. The van der Waals surface area contributed by atoms with Crippen molar-refractivity contribution in [2.24, 2.45) is 0 Å². The quantitative estimate of drug-likeness (QED) is 0.589. The summed E-state index contributed by atoms with van der Waals surface area (Å²) < 4.78 is 20.0. The van der Waals surface area contributed by atoms with Crippen molar-refractivity contribution in [3.05, 3.63) is 62.8 Å². The Morgan fingerprint density at radius 3 is 2.68 bits per heavy atom. The summed E-state index contributed by atoms with van der Waals surface area (Å²) in [5.41, 5.74) is 1.37. The molecule has 2 aromatic rings. The molecule has 1 nitrogen and oxygen atoms in total. The second-order valence-corrected chi connectivity index (χ2v) is 5.76. The van der Waals surface area contributed by atoms with Gasteiger partial charge in [0.1, 0.15) is 18.2 Å². The average Bonchev–Trinajstić information content (AvgIpc) is 2.38. The number of hydrogen-bond acceptors (Lipinski definition) is 1. The standard InChI is InChI=1S/C14H10Br2ClFO/c15-7-11-12(17)2-1-3-14(11)19-8-9-4-5-10(16)6-13(9)18/h1-6H,7-8H2. The Kier molecular flexibility index (Phi) is 5.25. The van der Waals surface area contributed by atoms with Crippen LogP contribution in [0.3, 0.4) is 0 Å². The molecule has 0 aromatic heterocycles. The van der Waals surface area contributed by atoms with E-state index >= 15 is 0 Å². The lowest BCUT2D eigenvalue weighted by molar-refractivity contribution is 0.297. The Morgan fingerprint density at radius 2 is 2.00 bits per heavy atom. The summed E-state index contributed by atoms with van der Waals surface area (Å²) in [6, 6.07) is 10.3. The topological polar surface area (TPSA) is 9.23 Å². The van der Waals surface area contributed by atoms with Gasteiger partial charge in [-0.1, -0.05) is 55.6 Å². The summed E-state index contributed by atoms with van der Waals surface area (Å²) in [6.45, 7) is 0.166. The summed E-state index contributed by atoms with van der Waals surface area (Å²) >= 11 is 12.7. The smallest absolute Gasteiger partial charge is 0.130 e. The van der Waals surface area contributed by atoms with E-state index in [1.807, 2.05) is 12.1 Å². The predicted molar refractivity (Wildman–Crippen MR) is 82.5 cm³/mol. The number of ether oxygens (including phenoxy) is 1. The van der Waals surface area contributed by atoms with Crippen LogP contribution >= 0.6 is 43.5 Å². The highest BCUT2D eigenvalue weighted by Crippen LogP contribution is 2.29. The van der Waals surface area contributed by atoms with Crippen molar-refractivity contribution in [2.75, 3.05) is 0 Å². The maximum atomic E-state index is 13.7. The van der Waals surface area contributed by atoms with Crippen LogP contribution in [-0.4, -0.2) is 0 Å². The molecular formula is C14H10Br2ClFO. The fraction of sp³-hybridized carbons (Fsp3) is 0.143. The number of benzene rings is 2. The van der Waals surface area contributed by atoms with E-state index in [0.29, 0.717) is 26.1 Å². The van der Waals surface area contributed by atoms with Gasteiger partial charge in [0.2, 0.25) is 0 Å². The zero-order valence-corrected chi connectivity index (χ0v) is 13.7. The van der Waals surface area contributed by atoms with Crippen LogP contribution in [0, 0.1) is 5.82 Å². The molecule has 0 aliphatic rings. The van der Waals surface area contributed by atoms with Gasteiger partial charge in [0.05, 0.1) is 0 Å². The van der Waals surface area contributed by atoms with Crippen LogP contribution in [-0.2, 0) is 11.9 Å². The number of rotatable bonds is 4. The fourth-order valence-electron chi connectivity index (χ4n) is 1.60. The molecule has 19 heavy (non-hydrogen) atoms. The Labute approximate surface area is 133 Å². The summed E-state index contributed by atoms with van der Waals surface area (Å²) in [6.07, 6.45) is 0. The maximum absolute atomic E-state index is 13.7. The molecule has 0 saturated carbocycles. The summed E-state index contributed by atoms with van der Waals surface area (Å²) in [4.78, 5) is 0. The van der Waals surface area contributed by atoms with Crippen LogP contribution in [0.15, 0.2) is 40.9 Å². The van der Waals surface area contributed by atoms with Crippen LogP contribution in [0.5, 0.6) is 5.75 Å². The largest absolute Gasteiger partial charge is 0.488 e. The van der Waals surface area contributed by atoms with Gasteiger partial charge in [0, 0.05) is 26.0 Å². The van der Waals surface area contributed by atoms with Crippen molar-refractivity contribution in [3.8, 4) is 5.75 Å². The van der Waals surface area contributed by atoms with Gasteiger partial charge >= 0.3 is 0 Å². The minimum Gasteiger partial charge on any atom is -0.488 e. The van der Waals surface area contributed by atoms with Gasteiger partial charge in [-0.05, 0) is 24.3 Å². The third kappa shape index (κ3) is 3.71. The van der Waals surface area contributed by atoms with Crippen molar-refractivity contribution < 1.29 is 9.13 Å². The molecule has 0 N–H and O–H groups in total. The van der Waals surface area contributed by atoms with Gasteiger partial charge in [0.25, 0.3) is 0 Å². The fourth-order valence-corrected chi connectivity index (χ4v) is 2.90. The molecule has 0 atom stereocenters. The van der Waals surface area contributed by atoms with Crippen molar-refractivity contribution in [2.45, 2.75) is 11.9 Å². The predicted octanol–water partition coefficient (Wildman–Crippen LogP) is 5.72. The van der Waals surface area contributed by atoms with E-state index in [1.54, 1.807) is 18.2 Å². The molecule has 5 heteroatoms. The van der Waals surface area contributed by atoms with Crippen LogP contribution in [0.25, 0.3) is 0 Å². The van der Waals surface area contributed by atoms with E-state index in [9.17, 15) is 4.39 Å². The van der Waals surface area contributed by atoms with E-state index in [2.05, 4.69) is 31.9 Å². The van der Waals surface area contributed by atoms with Gasteiger partial charge in [-0.3, -0.25) is 0 Å². The lowest BCUT2D eigenvalue weighted by Crippen LogP contribution is -2.00. The van der Waals surface area contributed by atoms with Gasteiger partial charge in [-0.25, -0.2) is 4.39 Å². The Morgan fingerprint density at radius 1 is 1.21 bits per heavy atom. The van der Waals surface area contributed by atoms with E-state index in [-0.39, 0.29) is 12.4 Å². The van der Waals surface area contributed by atoms with Crippen LogP contribution in [0.4, 0.5) is 4.39 Å². The molecule has 0 saturated heterocycles. The van der Waals surface area contributed by atoms with Crippen molar-refractivity contribution in [3.63, 3.8) is 0 Å². The van der Waals surface area contributed by atoms with Crippen LogP contribution < -0.4 is 4.74 Å². The zero-order valence-electron chi connectivity index (χ0n) is 9.80. The monoisotopic (exact) mass is 406 g/mol. The highest BCUT2D eigenvalue weighted by atomic mass is 79.9. The Bertz CT molecular complexity index is 590. The first-order valence-corrected chi connectivity index (χ1v) is 7.81. The third-order valence-corrected chi connectivity index (χ3v) is 4.02. The van der Waals surface area contributed by atoms with E-state index in [1.165, 1.54) is 6.07 Å². The second kappa shape index (κ2) is 6.73. The second-order valence-electron chi connectivity index (χ2n) is 3.87. The molecule has 0 fully saturated rings. The molecule has 0 unspecified atom stereocenters. The highest BCUT2D eigenvalue weighted by Gasteiger charge is 2.09. The summed E-state index contributed by atoms with van der Waals surface area (Å²) in [5.74, 6) is 0.364. The number of hydrogen-bond donors (Lipinski definition) is 0. The molecule has 0 aliphatic carbocycles. The number of alkyl halides is 1. The normalized spacial score (nSPS) is 10.5. The van der Waals surface area contributed by atoms with Gasteiger partial charge in [-0.15, -0.1) is 0 Å². The Balaban J connectivity index is 2.17. The lowest BCUT2D eigenvalue weighted by atomic mass is 10.2. The molecular weight excluding hydrogens is 398 g/mol. The highest BCUT2D eigenvalue weighted by molar-refractivity contribution is 9.10. The van der Waals surface area contributed by atoms with Gasteiger partial charge in [0.15, 0.2) is 0 Å². The van der Waals surface area contributed by atoms with E-state index in [4.69, 9.17) is 16.3 Å². The van der Waals surface area contributed by atoms with Crippen molar-refractivity contribution in [1.82, 2.24) is 0 Å². The molecule has 2 aromatic carbocycles. The maximum Gasteiger partial charge on any atom is 0.130 e. The average molecular weight is 408 g/mol. The lowest BCUT2D eigenvalue weighted by Gasteiger charge is -2.11. The first kappa shape index (κ1) is 14.8. The molecule has 0 spiro atoms. The molecule has 100 valence electrons. The molecule has 0 amide bonds. The summed E-state index contributed by atoms with van der Waals surface area (Å²) in [5, 5.41) is 1.22. The Hall–Kier alpha value is -0.580. The first-order valence-electron chi connectivity index (χ1n) is 5.52. The number of halogens is 4. The SMILES string of the molecule is Fc1cc(Br)ccc1COc1cccc(Cl)c1CBr. The first-order chi connectivity index (χ1) is 9.11. The molecule has 0 aliphatic heterocycles. The molecule has 0 radical (unpaired) electrons. The van der Waals surface area contributed by atoms with E-state index in [0.717, 1.165) is 5.56 Å². The molecule has 2 rings (SSSR count). The van der Waals surface area contributed by atoms with Crippen molar-refractivity contribution in [1.29, 1.82) is 0 Å². The van der Waals surface area contributed by atoms with Crippen molar-refractivity contribution >= 4 is 43.5 Å². The zero-order chi connectivity index (χ0) is 13.8. The van der Waals surface area contributed by atoms with E-state index < -0.39 is 0 Å². The molecule has 0 heterocycles.